The number of urea groups is 1. The first-order valence-corrected chi connectivity index (χ1v) is 7.37. The number of hydrogen-bond acceptors (Lipinski definition) is 5. The van der Waals surface area contributed by atoms with Crippen LogP contribution >= 0.6 is 0 Å². The molecule has 2 aromatic rings. The van der Waals surface area contributed by atoms with Crippen molar-refractivity contribution in [3.63, 3.8) is 0 Å². The molecule has 0 radical (unpaired) electrons. The first kappa shape index (κ1) is 14.8. The van der Waals surface area contributed by atoms with Crippen molar-refractivity contribution < 1.29 is 14.1 Å². The van der Waals surface area contributed by atoms with E-state index >= 15 is 0 Å². The molecule has 1 unspecified atom stereocenters. The van der Waals surface area contributed by atoms with Crippen LogP contribution in [0.1, 0.15) is 5.69 Å². The Kier molecular flexibility index (Phi) is 4.55. The first-order valence-electron chi connectivity index (χ1n) is 7.37. The Balaban J connectivity index is 1.46. The minimum atomic E-state index is -0.232. The SMILES string of the molecule is CN1CCOC(CNC(=O)NCc2noc3ccccc23)C1. The van der Waals surface area contributed by atoms with Gasteiger partial charge in [0.15, 0.2) is 5.58 Å². The van der Waals surface area contributed by atoms with Crippen molar-refractivity contribution >= 4 is 17.0 Å². The summed E-state index contributed by atoms with van der Waals surface area (Å²) in [5.41, 5.74) is 1.44. The highest BCUT2D eigenvalue weighted by molar-refractivity contribution is 5.80. The maximum Gasteiger partial charge on any atom is 0.315 e. The Morgan fingerprint density at radius 1 is 1.41 bits per heavy atom. The van der Waals surface area contributed by atoms with E-state index < -0.39 is 0 Å². The Morgan fingerprint density at radius 2 is 2.27 bits per heavy atom. The lowest BCUT2D eigenvalue weighted by molar-refractivity contribution is -0.0167. The fourth-order valence-corrected chi connectivity index (χ4v) is 2.49. The van der Waals surface area contributed by atoms with Crippen LogP contribution in [0.5, 0.6) is 0 Å². The number of carbonyl (C=O) groups is 1. The van der Waals surface area contributed by atoms with Gasteiger partial charge in [0, 0.05) is 25.0 Å². The van der Waals surface area contributed by atoms with Crippen LogP contribution in [-0.4, -0.2) is 55.5 Å². The number of morpholine rings is 1. The zero-order valence-electron chi connectivity index (χ0n) is 12.5. The van der Waals surface area contributed by atoms with E-state index in [0.717, 1.165) is 29.8 Å². The molecule has 0 aliphatic carbocycles. The van der Waals surface area contributed by atoms with Crippen molar-refractivity contribution in [2.24, 2.45) is 0 Å². The van der Waals surface area contributed by atoms with Gasteiger partial charge in [0.05, 0.1) is 19.3 Å². The highest BCUT2D eigenvalue weighted by Crippen LogP contribution is 2.17. The van der Waals surface area contributed by atoms with Crippen LogP contribution in [0.2, 0.25) is 0 Å². The van der Waals surface area contributed by atoms with Crippen molar-refractivity contribution in [2.45, 2.75) is 12.6 Å². The summed E-state index contributed by atoms with van der Waals surface area (Å²) in [6, 6.07) is 7.34. The topological polar surface area (TPSA) is 79.6 Å². The van der Waals surface area contributed by atoms with Crippen molar-refractivity contribution in [3.05, 3.63) is 30.0 Å². The molecule has 118 valence electrons. The molecule has 2 heterocycles. The smallest absolute Gasteiger partial charge is 0.315 e. The van der Waals surface area contributed by atoms with E-state index in [1.807, 2.05) is 31.3 Å². The highest BCUT2D eigenvalue weighted by atomic mass is 16.5. The Labute approximate surface area is 128 Å². The predicted octanol–water partition coefficient (Wildman–Crippen LogP) is 0.958. The second kappa shape index (κ2) is 6.76. The summed E-state index contributed by atoms with van der Waals surface area (Å²) in [7, 11) is 2.05. The molecule has 0 spiro atoms. The number of rotatable bonds is 4. The molecular formula is C15H20N4O3. The number of fused-ring (bicyclic) bond motifs is 1. The van der Waals surface area contributed by atoms with Gasteiger partial charge >= 0.3 is 6.03 Å². The van der Waals surface area contributed by atoms with Gasteiger partial charge in [-0.25, -0.2) is 4.79 Å². The number of benzene rings is 1. The van der Waals surface area contributed by atoms with Gasteiger partial charge in [-0.3, -0.25) is 0 Å². The summed E-state index contributed by atoms with van der Waals surface area (Å²) < 4.78 is 10.8. The van der Waals surface area contributed by atoms with Crippen molar-refractivity contribution in [1.29, 1.82) is 0 Å². The molecule has 22 heavy (non-hydrogen) atoms. The summed E-state index contributed by atoms with van der Waals surface area (Å²) in [5.74, 6) is 0. The Bertz CT molecular complexity index is 643. The van der Waals surface area contributed by atoms with Gasteiger partial charge in [-0.05, 0) is 19.2 Å². The normalized spacial score (nSPS) is 19.2. The minimum absolute atomic E-state index is 0.0392. The molecule has 1 aliphatic rings. The van der Waals surface area contributed by atoms with Crippen LogP contribution in [0.4, 0.5) is 4.79 Å². The number of hydrogen-bond donors (Lipinski definition) is 2. The standard InChI is InChI=1S/C15H20N4O3/c1-19-6-7-21-11(10-19)8-16-15(20)17-9-13-12-4-2-3-5-14(12)22-18-13/h2-5,11H,6-10H2,1H3,(H2,16,17,20). The van der Waals surface area contributed by atoms with E-state index in [2.05, 4.69) is 20.7 Å². The molecule has 7 nitrogen and oxygen atoms in total. The van der Waals surface area contributed by atoms with Gasteiger partial charge in [0.1, 0.15) is 5.69 Å². The van der Waals surface area contributed by atoms with Crippen LogP contribution in [0.15, 0.2) is 28.8 Å². The Hall–Kier alpha value is -2.12. The fraction of sp³-hybridized carbons (Fsp3) is 0.467. The maximum atomic E-state index is 11.8. The van der Waals surface area contributed by atoms with Crippen molar-refractivity contribution in [2.75, 3.05) is 33.3 Å². The monoisotopic (exact) mass is 304 g/mol. The lowest BCUT2D eigenvalue weighted by Gasteiger charge is -2.30. The van der Waals surface area contributed by atoms with Crippen LogP contribution in [0.25, 0.3) is 11.0 Å². The van der Waals surface area contributed by atoms with E-state index in [-0.39, 0.29) is 12.1 Å². The number of ether oxygens (including phenoxy) is 1. The van der Waals surface area contributed by atoms with E-state index in [1.54, 1.807) is 0 Å². The molecule has 1 fully saturated rings. The quantitative estimate of drug-likeness (QED) is 0.879. The molecule has 2 N–H and O–H groups in total. The van der Waals surface area contributed by atoms with Crippen molar-refractivity contribution in [3.8, 4) is 0 Å². The average molecular weight is 304 g/mol. The number of amides is 2. The summed E-state index contributed by atoms with van der Waals surface area (Å²) in [6.07, 6.45) is 0.0392. The lowest BCUT2D eigenvalue weighted by Crippen LogP contribution is -2.47. The molecule has 1 aliphatic heterocycles. The van der Waals surface area contributed by atoms with Gasteiger partial charge < -0.3 is 24.8 Å². The van der Waals surface area contributed by atoms with Gasteiger partial charge in [0.2, 0.25) is 0 Å². The van der Waals surface area contributed by atoms with Crippen LogP contribution in [-0.2, 0) is 11.3 Å². The molecule has 3 rings (SSSR count). The second-order valence-corrected chi connectivity index (χ2v) is 5.44. The van der Waals surface area contributed by atoms with Crippen LogP contribution < -0.4 is 10.6 Å². The summed E-state index contributed by atoms with van der Waals surface area (Å²) in [4.78, 5) is 14.0. The highest BCUT2D eigenvalue weighted by Gasteiger charge is 2.18. The predicted molar refractivity (Wildman–Crippen MR) is 81.5 cm³/mol. The summed E-state index contributed by atoms with van der Waals surface area (Å²) >= 11 is 0. The maximum absolute atomic E-state index is 11.8. The summed E-state index contributed by atoms with van der Waals surface area (Å²) in [5, 5.41) is 10.5. The number of aromatic nitrogens is 1. The third-order valence-corrected chi connectivity index (χ3v) is 3.70. The molecule has 1 aromatic carbocycles. The molecular weight excluding hydrogens is 284 g/mol. The van der Waals surface area contributed by atoms with E-state index in [4.69, 9.17) is 9.26 Å². The van der Waals surface area contributed by atoms with Crippen LogP contribution in [0.3, 0.4) is 0 Å². The number of para-hydroxylation sites is 1. The third kappa shape index (κ3) is 3.55. The molecule has 1 aromatic heterocycles. The summed E-state index contributed by atoms with van der Waals surface area (Å²) in [6.45, 7) is 3.29. The number of nitrogens with one attached hydrogen (secondary N) is 2. The molecule has 0 saturated carbocycles. The van der Waals surface area contributed by atoms with Crippen molar-refractivity contribution in [1.82, 2.24) is 20.7 Å². The van der Waals surface area contributed by atoms with Gasteiger partial charge in [-0.15, -0.1) is 0 Å². The molecule has 7 heteroatoms. The molecule has 0 bridgehead atoms. The van der Waals surface area contributed by atoms with E-state index in [0.29, 0.717) is 19.7 Å². The second-order valence-electron chi connectivity index (χ2n) is 5.44. The van der Waals surface area contributed by atoms with Gasteiger partial charge in [0.25, 0.3) is 0 Å². The minimum Gasteiger partial charge on any atom is -0.374 e. The van der Waals surface area contributed by atoms with Gasteiger partial charge in [-0.1, -0.05) is 17.3 Å². The lowest BCUT2D eigenvalue weighted by atomic mass is 10.2. The van der Waals surface area contributed by atoms with Gasteiger partial charge in [-0.2, -0.15) is 0 Å². The number of nitrogens with zero attached hydrogens (tertiary/aromatic N) is 2. The zero-order valence-corrected chi connectivity index (χ0v) is 12.5. The van der Waals surface area contributed by atoms with E-state index in [1.165, 1.54) is 0 Å². The fourth-order valence-electron chi connectivity index (χ4n) is 2.49. The first-order chi connectivity index (χ1) is 10.7. The van der Waals surface area contributed by atoms with Crippen LogP contribution in [0, 0.1) is 0 Å². The largest absolute Gasteiger partial charge is 0.374 e. The number of likely N-dealkylation sites (N-methyl/N-ethyl adjacent to an activating group) is 1. The molecule has 1 saturated heterocycles. The van der Waals surface area contributed by atoms with E-state index in [9.17, 15) is 4.79 Å². The number of carbonyl (C=O) groups excluding carboxylic acids is 1. The molecule has 1 atom stereocenters. The average Bonchev–Trinajstić information content (AvgIpc) is 2.94. The Morgan fingerprint density at radius 3 is 3.14 bits per heavy atom. The third-order valence-electron chi connectivity index (χ3n) is 3.70. The zero-order chi connectivity index (χ0) is 15.4. The molecule has 2 amide bonds.